The van der Waals surface area contributed by atoms with E-state index < -0.39 is 16.7 Å². The van der Waals surface area contributed by atoms with Crippen LogP contribution in [0.15, 0.2) is 0 Å². The Labute approximate surface area is 96.9 Å². The molecule has 0 aliphatic heterocycles. The lowest BCUT2D eigenvalue weighted by atomic mass is 9.89. The fourth-order valence-electron chi connectivity index (χ4n) is 3.18. The van der Waals surface area contributed by atoms with Crippen LogP contribution in [-0.4, -0.2) is 27.4 Å². The molecule has 3 nitrogen and oxygen atoms in total. The highest BCUT2D eigenvalue weighted by Gasteiger charge is 2.39. The van der Waals surface area contributed by atoms with Gasteiger partial charge in [-0.05, 0) is 43.4 Å². The molecule has 0 amide bonds. The van der Waals surface area contributed by atoms with Crippen molar-refractivity contribution in [3.63, 3.8) is 0 Å². The van der Waals surface area contributed by atoms with Gasteiger partial charge in [0.2, 0.25) is 10.0 Å². The lowest BCUT2D eigenvalue weighted by molar-refractivity contribution is 0.332. The van der Waals surface area contributed by atoms with Crippen molar-refractivity contribution in [2.45, 2.75) is 32.1 Å². The maximum absolute atomic E-state index is 11.9. The van der Waals surface area contributed by atoms with E-state index in [4.69, 9.17) is 0 Å². The second-order valence-corrected chi connectivity index (χ2v) is 7.07. The first-order chi connectivity index (χ1) is 7.61. The predicted molar refractivity (Wildman–Crippen MR) is 61.3 cm³/mol. The summed E-state index contributed by atoms with van der Waals surface area (Å²) in [7, 11) is -3.24. The van der Waals surface area contributed by atoms with Gasteiger partial charge >= 0.3 is 0 Å². The minimum absolute atomic E-state index is 0.0791. The van der Waals surface area contributed by atoms with Crippen LogP contribution < -0.4 is 4.72 Å². The van der Waals surface area contributed by atoms with E-state index in [0.29, 0.717) is 12.5 Å². The number of fused-ring (bicyclic) bond motifs is 2. The third kappa shape index (κ3) is 2.94. The summed E-state index contributed by atoms with van der Waals surface area (Å²) in [5.74, 6) is 2.02. The van der Waals surface area contributed by atoms with Gasteiger partial charge in [-0.3, -0.25) is 4.39 Å². The van der Waals surface area contributed by atoms with E-state index in [1.165, 1.54) is 25.7 Å². The largest absolute Gasteiger partial charge is 0.251 e. The monoisotopic (exact) mass is 249 g/mol. The van der Waals surface area contributed by atoms with Crippen LogP contribution in [0.1, 0.15) is 32.1 Å². The van der Waals surface area contributed by atoms with Crippen LogP contribution in [0.5, 0.6) is 0 Å². The van der Waals surface area contributed by atoms with Gasteiger partial charge in [0, 0.05) is 6.54 Å². The highest BCUT2D eigenvalue weighted by atomic mass is 32.2. The molecule has 0 spiro atoms. The van der Waals surface area contributed by atoms with Gasteiger partial charge in [0.25, 0.3) is 0 Å². The number of hydrogen-bond acceptors (Lipinski definition) is 2. The number of rotatable bonds is 6. The lowest BCUT2D eigenvalue weighted by Gasteiger charge is -2.21. The molecule has 94 valence electrons. The second-order valence-electron chi connectivity index (χ2n) is 5.14. The minimum atomic E-state index is -3.24. The summed E-state index contributed by atoms with van der Waals surface area (Å²) in [6.07, 6.45) is 5.16. The summed E-state index contributed by atoms with van der Waals surface area (Å²) < 4.78 is 37.5. The molecule has 0 heterocycles. The van der Waals surface area contributed by atoms with E-state index in [9.17, 15) is 12.8 Å². The topological polar surface area (TPSA) is 46.2 Å². The molecule has 3 atom stereocenters. The van der Waals surface area contributed by atoms with Gasteiger partial charge in [-0.2, -0.15) is 0 Å². The Morgan fingerprint density at radius 3 is 2.62 bits per heavy atom. The van der Waals surface area contributed by atoms with Crippen molar-refractivity contribution in [2.75, 3.05) is 19.0 Å². The standard InChI is InChI=1S/C11H20FNO2S/c12-4-1-5-16(14,15)13-8-11-7-9-2-3-10(11)6-9/h9-11,13H,1-8H2/t9-,10-,11-/m0/s1. The molecule has 2 aliphatic carbocycles. The number of hydrogen-bond donors (Lipinski definition) is 1. The van der Waals surface area contributed by atoms with Crippen LogP contribution in [0.2, 0.25) is 0 Å². The van der Waals surface area contributed by atoms with Crippen LogP contribution in [0.3, 0.4) is 0 Å². The summed E-state index contributed by atoms with van der Waals surface area (Å²) in [6, 6.07) is 0. The highest BCUT2D eigenvalue weighted by Crippen LogP contribution is 2.47. The molecule has 0 saturated heterocycles. The van der Waals surface area contributed by atoms with Crippen molar-refractivity contribution in [1.29, 1.82) is 0 Å². The van der Waals surface area contributed by atoms with Crippen LogP contribution in [0.25, 0.3) is 0 Å². The van der Waals surface area contributed by atoms with Gasteiger partial charge in [0.1, 0.15) is 0 Å². The van der Waals surface area contributed by atoms with Crippen LogP contribution >= 0.6 is 0 Å². The second kappa shape index (κ2) is 5.00. The number of nitrogens with one attached hydrogen (secondary N) is 1. The molecule has 0 aromatic carbocycles. The molecule has 2 rings (SSSR count). The van der Waals surface area contributed by atoms with Gasteiger partial charge < -0.3 is 0 Å². The van der Waals surface area contributed by atoms with Crippen molar-refractivity contribution >= 4 is 10.0 Å². The van der Waals surface area contributed by atoms with E-state index in [0.717, 1.165) is 11.8 Å². The quantitative estimate of drug-likeness (QED) is 0.779. The Morgan fingerprint density at radius 2 is 2.06 bits per heavy atom. The fraction of sp³-hybridized carbons (Fsp3) is 1.00. The maximum Gasteiger partial charge on any atom is 0.211 e. The zero-order valence-corrected chi connectivity index (χ0v) is 10.3. The van der Waals surface area contributed by atoms with E-state index in [1.807, 2.05) is 0 Å². The number of halogens is 1. The normalized spacial score (nSPS) is 33.4. The van der Waals surface area contributed by atoms with E-state index >= 15 is 0 Å². The molecule has 2 fully saturated rings. The van der Waals surface area contributed by atoms with Crippen LogP contribution in [-0.2, 0) is 10.0 Å². The van der Waals surface area contributed by atoms with Crippen LogP contribution in [0, 0.1) is 17.8 Å². The van der Waals surface area contributed by atoms with Gasteiger partial charge in [0.05, 0.1) is 12.4 Å². The average molecular weight is 249 g/mol. The van der Waals surface area contributed by atoms with Crippen molar-refractivity contribution in [3.8, 4) is 0 Å². The first-order valence-electron chi connectivity index (χ1n) is 6.14. The summed E-state index contributed by atoms with van der Waals surface area (Å²) >= 11 is 0. The predicted octanol–water partition coefficient (Wildman–Crippen LogP) is 1.70. The van der Waals surface area contributed by atoms with E-state index in [1.54, 1.807) is 0 Å². The average Bonchev–Trinajstić information content (AvgIpc) is 2.85. The molecule has 2 saturated carbocycles. The zero-order valence-electron chi connectivity index (χ0n) is 9.49. The molecule has 0 radical (unpaired) electrons. The Kier molecular flexibility index (Phi) is 3.85. The smallest absolute Gasteiger partial charge is 0.211 e. The van der Waals surface area contributed by atoms with E-state index in [-0.39, 0.29) is 12.2 Å². The molecule has 1 N–H and O–H groups in total. The molecular formula is C11H20FNO2S. The lowest BCUT2D eigenvalue weighted by Crippen LogP contribution is -2.33. The molecule has 0 aromatic heterocycles. The molecule has 0 unspecified atom stereocenters. The molecular weight excluding hydrogens is 229 g/mol. The Bertz CT molecular complexity index is 331. The molecule has 2 bridgehead atoms. The fourth-order valence-corrected chi connectivity index (χ4v) is 4.28. The summed E-state index contributed by atoms with van der Waals surface area (Å²) in [6.45, 7) is 0.00479. The van der Waals surface area contributed by atoms with Gasteiger partial charge in [-0.1, -0.05) is 6.42 Å². The minimum Gasteiger partial charge on any atom is -0.251 e. The first kappa shape index (κ1) is 12.3. The molecule has 0 aromatic rings. The highest BCUT2D eigenvalue weighted by molar-refractivity contribution is 7.89. The Morgan fingerprint density at radius 1 is 1.25 bits per heavy atom. The van der Waals surface area contributed by atoms with Gasteiger partial charge in [0.15, 0.2) is 0 Å². The molecule has 5 heteroatoms. The zero-order chi connectivity index (χ0) is 11.6. The molecule has 16 heavy (non-hydrogen) atoms. The van der Waals surface area contributed by atoms with Crippen molar-refractivity contribution in [2.24, 2.45) is 17.8 Å². The van der Waals surface area contributed by atoms with Crippen molar-refractivity contribution in [1.82, 2.24) is 4.72 Å². The third-order valence-corrected chi connectivity index (χ3v) is 5.43. The van der Waals surface area contributed by atoms with E-state index in [2.05, 4.69) is 4.72 Å². The van der Waals surface area contributed by atoms with Gasteiger partial charge in [-0.25, -0.2) is 13.1 Å². The van der Waals surface area contributed by atoms with Crippen molar-refractivity contribution < 1.29 is 12.8 Å². The third-order valence-electron chi connectivity index (χ3n) is 4.00. The SMILES string of the molecule is O=S(=O)(CCCF)NC[C@@H]1C[C@H]2CC[C@H]1C2. The first-order valence-corrected chi connectivity index (χ1v) is 7.79. The number of sulfonamides is 1. The van der Waals surface area contributed by atoms with Crippen molar-refractivity contribution in [3.05, 3.63) is 0 Å². The van der Waals surface area contributed by atoms with Gasteiger partial charge in [-0.15, -0.1) is 0 Å². The Hall–Kier alpha value is -0.160. The summed E-state index contributed by atoms with van der Waals surface area (Å²) in [5, 5.41) is 0. The summed E-state index contributed by atoms with van der Waals surface area (Å²) in [5.41, 5.74) is 0. The van der Waals surface area contributed by atoms with Crippen LogP contribution in [0.4, 0.5) is 4.39 Å². The number of alkyl halides is 1. The summed E-state index contributed by atoms with van der Waals surface area (Å²) in [4.78, 5) is 0. The molecule has 2 aliphatic rings. The Balaban J connectivity index is 1.75. The maximum atomic E-state index is 11.9.